The maximum Gasteiger partial charge on any atom is 0.249 e. The number of para-hydroxylation sites is 2. The molecule has 1 fully saturated rings. The van der Waals surface area contributed by atoms with Crippen LogP contribution in [0.2, 0.25) is 0 Å². The highest BCUT2D eigenvalue weighted by atomic mass is 32.2. The van der Waals surface area contributed by atoms with Crippen LogP contribution in [-0.4, -0.2) is 54.8 Å². The third kappa shape index (κ3) is 3.98. The molecule has 0 amide bonds. The smallest absolute Gasteiger partial charge is 0.249 e. The molecule has 25 heavy (non-hydrogen) atoms. The molecular formula is C16H21N5O3S. The van der Waals surface area contributed by atoms with Gasteiger partial charge in [0.1, 0.15) is 5.75 Å². The zero-order valence-corrected chi connectivity index (χ0v) is 15.0. The molecule has 8 nitrogen and oxygen atoms in total. The third-order valence-electron chi connectivity index (χ3n) is 4.18. The molecule has 1 aromatic heterocycles. The summed E-state index contributed by atoms with van der Waals surface area (Å²) in [5.74, 6) is 1.99. The van der Waals surface area contributed by atoms with E-state index in [9.17, 15) is 8.42 Å². The lowest BCUT2D eigenvalue weighted by Crippen LogP contribution is -2.37. The summed E-state index contributed by atoms with van der Waals surface area (Å²) in [6.07, 6.45) is 2.16. The van der Waals surface area contributed by atoms with Crippen molar-refractivity contribution in [2.75, 3.05) is 35.4 Å². The Morgan fingerprint density at radius 2 is 2.16 bits per heavy atom. The maximum atomic E-state index is 11.8. The number of sulfone groups is 1. The number of nitrogens with one attached hydrogen (secondary N) is 1. The number of methoxy groups -OCH3 is 1. The maximum absolute atomic E-state index is 11.8. The molecule has 1 N–H and O–H groups in total. The second-order valence-electron chi connectivity index (χ2n) is 5.81. The van der Waals surface area contributed by atoms with E-state index < -0.39 is 9.84 Å². The Hall–Kier alpha value is -2.42. The van der Waals surface area contributed by atoms with Gasteiger partial charge in [0.15, 0.2) is 15.7 Å². The quantitative estimate of drug-likeness (QED) is 0.827. The lowest BCUT2D eigenvalue weighted by atomic mass is 10.2. The first-order valence-electron chi connectivity index (χ1n) is 8.09. The van der Waals surface area contributed by atoms with Crippen LogP contribution in [0.15, 0.2) is 30.5 Å². The fourth-order valence-corrected chi connectivity index (χ4v) is 4.71. The summed E-state index contributed by atoms with van der Waals surface area (Å²) in [5.41, 5.74) is 0.732. The van der Waals surface area contributed by atoms with Gasteiger partial charge in [0.2, 0.25) is 5.95 Å². The normalized spacial score (nSPS) is 18.7. The molecule has 1 aromatic carbocycles. The number of hydrogen-bond acceptors (Lipinski definition) is 8. The van der Waals surface area contributed by atoms with Crippen molar-refractivity contribution in [1.82, 2.24) is 15.2 Å². The van der Waals surface area contributed by atoms with Gasteiger partial charge in [-0.3, -0.25) is 0 Å². The first-order valence-corrected chi connectivity index (χ1v) is 9.91. The fourth-order valence-electron chi connectivity index (χ4n) is 2.98. The van der Waals surface area contributed by atoms with E-state index in [-0.39, 0.29) is 17.5 Å². The molecule has 2 aromatic rings. The van der Waals surface area contributed by atoms with Crippen molar-refractivity contribution >= 4 is 27.3 Å². The number of aromatic nitrogens is 3. The first-order chi connectivity index (χ1) is 12.0. The van der Waals surface area contributed by atoms with Gasteiger partial charge >= 0.3 is 0 Å². The van der Waals surface area contributed by atoms with Crippen molar-refractivity contribution in [1.29, 1.82) is 0 Å². The van der Waals surface area contributed by atoms with Gasteiger partial charge < -0.3 is 15.0 Å². The van der Waals surface area contributed by atoms with Crippen LogP contribution in [-0.2, 0) is 9.84 Å². The van der Waals surface area contributed by atoms with Crippen molar-refractivity contribution in [2.24, 2.45) is 0 Å². The monoisotopic (exact) mass is 363 g/mol. The van der Waals surface area contributed by atoms with Crippen LogP contribution in [0, 0.1) is 0 Å². The second-order valence-corrected chi connectivity index (χ2v) is 8.04. The molecule has 1 aliphatic rings. The van der Waals surface area contributed by atoms with Gasteiger partial charge in [0, 0.05) is 12.6 Å². The van der Waals surface area contributed by atoms with Crippen molar-refractivity contribution in [3.8, 4) is 5.75 Å². The minimum Gasteiger partial charge on any atom is -0.495 e. The van der Waals surface area contributed by atoms with Gasteiger partial charge in [-0.05, 0) is 25.5 Å². The molecule has 0 saturated carbocycles. The molecule has 0 aliphatic carbocycles. The Kier molecular flexibility index (Phi) is 5.03. The minimum absolute atomic E-state index is 0.0780. The fraction of sp³-hybridized carbons (Fsp3) is 0.438. The Bertz CT molecular complexity index is 843. The summed E-state index contributed by atoms with van der Waals surface area (Å²) in [6.45, 7) is 2.62. The number of anilines is 3. The number of rotatable bonds is 6. The third-order valence-corrected chi connectivity index (χ3v) is 5.93. The molecule has 2 heterocycles. The summed E-state index contributed by atoms with van der Waals surface area (Å²) in [6, 6.07) is 7.37. The topological polar surface area (TPSA) is 97.3 Å². The Labute approximate surface area is 147 Å². The summed E-state index contributed by atoms with van der Waals surface area (Å²) in [7, 11) is -1.37. The molecule has 1 aliphatic heterocycles. The average Bonchev–Trinajstić information content (AvgIpc) is 2.96. The molecule has 9 heteroatoms. The van der Waals surface area contributed by atoms with Crippen LogP contribution in [0.1, 0.15) is 13.3 Å². The summed E-state index contributed by atoms with van der Waals surface area (Å²) >= 11 is 0. The molecule has 0 spiro atoms. The highest BCUT2D eigenvalue weighted by Gasteiger charge is 2.32. The zero-order chi connectivity index (χ0) is 17.9. The van der Waals surface area contributed by atoms with Crippen LogP contribution >= 0.6 is 0 Å². The SMILES string of the molecule is CCN(c1cnnc(Nc2ccccc2OC)n1)C1CCS(=O)(=O)C1. The summed E-state index contributed by atoms with van der Waals surface area (Å²) in [5, 5.41) is 11.1. The molecule has 1 saturated heterocycles. The number of nitrogens with zero attached hydrogens (tertiary/aromatic N) is 4. The highest BCUT2D eigenvalue weighted by Crippen LogP contribution is 2.27. The molecule has 0 radical (unpaired) electrons. The van der Waals surface area contributed by atoms with Gasteiger partial charge in [0.05, 0.1) is 30.5 Å². The van der Waals surface area contributed by atoms with Crippen LogP contribution in [0.5, 0.6) is 5.75 Å². The van der Waals surface area contributed by atoms with Gasteiger partial charge in [-0.15, -0.1) is 5.10 Å². The molecule has 0 bridgehead atoms. The highest BCUT2D eigenvalue weighted by molar-refractivity contribution is 7.91. The van der Waals surface area contributed by atoms with Gasteiger partial charge in [-0.2, -0.15) is 10.1 Å². The number of ether oxygens (including phenoxy) is 1. The van der Waals surface area contributed by atoms with Crippen LogP contribution < -0.4 is 15.0 Å². The Morgan fingerprint density at radius 1 is 1.36 bits per heavy atom. The zero-order valence-electron chi connectivity index (χ0n) is 14.2. The minimum atomic E-state index is -2.96. The van der Waals surface area contributed by atoms with E-state index in [1.165, 1.54) is 0 Å². The van der Waals surface area contributed by atoms with E-state index >= 15 is 0 Å². The van der Waals surface area contributed by atoms with E-state index in [0.717, 1.165) is 5.69 Å². The standard InChI is InChI=1S/C16H21N5O3S/c1-3-21(12-8-9-25(22,23)11-12)15-10-17-20-16(19-15)18-13-6-4-5-7-14(13)24-2/h4-7,10,12H,3,8-9,11H2,1-2H3,(H,18,19,20). The van der Waals surface area contributed by atoms with Gasteiger partial charge in [-0.25, -0.2) is 8.42 Å². The molecular weight excluding hydrogens is 342 g/mol. The molecule has 134 valence electrons. The van der Waals surface area contributed by atoms with E-state index in [0.29, 0.717) is 30.5 Å². The lowest BCUT2D eigenvalue weighted by Gasteiger charge is -2.27. The summed E-state index contributed by atoms with van der Waals surface area (Å²) in [4.78, 5) is 6.46. The number of hydrogen-bond donors (Lipinski definition) is 1. The molecule has 1 atom stereocenters. The predicted octanol–water partition coefficient (Wildman–Crippen LogP) is 1.64. The largest absolute Gasteiger partial charge is 0.495 e. The van der Waals surface area contributed by atoms with E-state index in [2.05, 4.69) is 20.5 Å². The molecule has 3 rings (SSSR count). The van der Waals surface area contributed by atoms with E-state index in [4.69, 9.17) is 4.74 Å². The molecule has 1 unspecified atom stereocenters. The van der Waals surface area contributed by atoms with Crippen LogP contribution in [0.3, 0.4) is 0 Å². The van der Waals surface area contributed by atoms with Crippen molar-refractivity contribution in [3.63, 3.8) is 0 Å². The summed E-state index contributed by atoms with van der Waals surface area (Å²) < 4.78 is 28.8. The van der Waals surface area contributed by atoms with E-state index in [1.54, 1.807) is 13.3 Å². The average molecular weight is 363 g/mol. The lowest BCUT2D eigenvalue weighted by molar-refractivity contribution is 0.417. The van der Waals surface area contributed by atoms with Gasteiger partial charge in [0.25, 0.3) is 0 Å². The van der Waals surface area contributed by atoms with E-state index in [1.807, 2.05) is 36.1 Å². The number of benzene rings is 1. The van der Waals surface area contributed by atoms with Crippen LogP contribution in [0.4, 0.5) is 17.5 Å². The predicted molar refractivity (Wildman–Crippen MR) is 96.2 cm³/mol. The van der Waals surface area contributed by atoms with Crippen LogP contribution in [0.25, 0.3) is 0 Å². The van der Waals surface area contributed by atoms with Crippen molar-refractivity contribution in [3.05, 3.63) is 30.5 Å². The first kappa shape index (κ1) is 17.4. The van der Waals surface area contributed by atoms with Crippen molar-refractivity contribution in [2.45, 2.75) is 19.4 Å². The van der Waals surface area contributed by atoms with Crippen molar-refractivity contribution < 1.29 is 13.2 Å². The van der Waals surface area contributed by atoms with Gasteiger partial charge in [-0.1, -0.05) is 12.1 Å². The Morgan fingerprint density at radius 3 is 2.84 bits per heavy atom. The second kappa shape index (κ2) is 7.22. The Balaban J connectivity index is 1.83.